The Bertz CT molecular complexity index is 481. The van der Waals surface area contributed by atoms with Gasteiger partial charge in [-0.2, -0.15) is 0 Å². The van der Waals surface area contributed by atoms with Gasteiger partial charge in [-0.1, -0.05) is 0 Å². The smallest absolute Gasteiger partial charge is 0.142 e. The van der Waals surface area contributed by atoms with E-state index in [0.29, 0.717) is 0 Å². The zero-order valence-electron chi connectivity index (χ0n) is 12.9. The Morgan fingerprint density at radius 3 is 2.52 bits per heavy atom. The van der Waals surface area contributed by atoms with Gasteiger partial charge in [-0.15, -0.1) is 0 Å². The highest BCUT2D eigenvalue weighted by atomic mass is 16.5. The summed E-state index contributed by atoms with van der Waals surface area (Å²) in [4.78, 5) is 2.37. The minimum Gasteiger partial charge on any atom is -0.496 e. The van der Waals surface area contributed by atoms with E-state index in [2.05, 4.69) is 22.3 Å². The maximum atomic E-state index is 5.86. The fourth-order valence-corrected chi connectivity index (χ4v) is 3.13. The second-order valence-corrected chi connectivity index (χ2v) is 5.52. The molecule has 2 aliphatic heterocycles. The van der Waals surface area contributed by atoms with E-state index in [9.17, 15) is 0 Å². The van der Waals surface area contributed by atoms with Gasteiger partial charge in [0.1, 0.15) is 11.5 Å². The van der Waals surface area contributed by atoms with Crippen LogP contribution in [-0.2, 0) is 4.74 Å². The standard InChI is InChI=1S/C16H24N2O3/c1-19-14-10-13(18-6-3-4-7-18)15(20-2)9-12(14)16-11-17-5-8-21-16/h9-10,16-17H,3-8,11H2,1-2H3. The van der Waals surface area contributed by atoms with Crippen molar-refractivity contribution in [3.05, 3.63) is 17.7 Å². The van der Waals surface area contributed by atoms with Gasteiger partial charge in [0.15, 0.2) is 0 Å². The number of rotatable bonds is 4. The van der Waals surface area contributed by atoms with Crippen LogP contribution in [0.15, 0.2) is 12.1 Å². The number of hydrogen-bond acceptors (Lipinski definition) is 5. The quantitative estimate of drug-likeness (QED) is 0.919. The number of nitrogens with zero attached hydrogens (tertiary/aromatic N) is 1. The van der Waals surface area contributed by atoms with Gasteiger partial charge in [-0.25, -0.2) is 0 Å². The highest BCUT2D eigenvalue weighted by molar-refractivity contribution is 5.65. The molecule has 1 aromatic carbocycles. The summed E-state index contributed by atoms with van der Waals surface area (Å²) in [6.07, 6.45) is 2.50. The number of morpholine rings is 1. The molecule has 0 aromatic heterocycles. The van der Waals surface area contributed by atoms with Crippen molar-refractivity contribution in [3.63, 3.8) is 0 Å². The summed E-state index contributed by atoms with van der Waals surface area (Å²) in [6.45, 7) is 4.61. The highest BCUT2D eigenvalue weighted by Crippen LogP contribution is 2.40. The van der Waals surface area contributed by atoms with Gasteiger partial charge < -0.3 is 24.4 Å². The molecule has 21 heavy (non-hydrogen) atoms. The first-order valence-electron chi connectivity index (χ1n) is 7.66. The molecule has 0 radical (unpaired) electrons. The molecule has 1 N–H and O–H groups in total. The Hall–Kier alpha value is -1.46. The third-order valence-corrected chi connectivity index (χ3v) is 4.25. The summed E-state index contributed by atoms with van der Waals surface area (Å²) in [5.74, 6) is 1.79. The van der Waals surface area contributed by atoms with Crippen molar-refractivity contribution in [2.24, 2.45) is 0 Å². The average Bonchev–Trinajstić information content (AvgIpc) is 3.08. The summed E-state index contributed by atoms with van der Waals surface area (Å²) in [6, 6.07) is 4.17. The fraction of sp³-hybridized carbons (Fsp3) is 0.625. The number of ether oxygens (including phenoxy) is 3. The second-order valence-electron chi connectivity index (χ2n) is 5.52. The normalized spacial score (nSPS) is 22.4. The molecule has 3 rings (SSSR count). The van der Waals surface area contributed by atoms with E-state index in [4.69, 9.17) is 14.2 Å². The van der Waals surface area contributed by atoms with Crippen molar-refractivity contribution in [1.82, 2.24) is 5.32 Å². The number of methoxy groups -OCH3 is 2. The van der Waals surface area contributed by atoms with Crippen molar-refractivity contribution in [1.29, 1.82) is 0 Å². The predicted octanol–water partition coefficient (Wildman–Crippen LogP) is 1.96. The summed E-state index contributed by atoms with van der Waals surface area (Å²) >= 11 is 0. The van der Waals surface area contributed by atoms with Crippen LogP contribution >= 0.6 is 0 Å². The Morgan fingerprint density at radius 1 is 1.14 bits per heavy atom. The molecule has 5 nitrogen and oxygen atoms in total. The Labute approximate surface area is 126 Å². The van der Waals surface area contributed by atoms with E-state index < -0.39 is 0 Å². The summed E-state index contributed by atoms with van der Waals surface area (Å²) in [7, 11) is 3.44. The summed E-state index contributed by atoms with van der Waals surface area (Å²) in [5, 5.41) is 3.36. The van der Waals surface area contributed by atoms with Crippen LogP contribution in [0.1, 0.15) is 24.5 Å². The highest BCUT2D eigenvalue weighted by Gasteiger charge is 2.24. The molecule has 5 heteroatoms. The van der Waals surface area contributed by atoms with Gasteiger partial charge in [0.05, 0.1) is 32.6 Å². The van der Waals surface area contributed by atoms with Crippen molar-refractivity contribution in [2.75, 3.05) is 51.9 Å². The van der Waals surface area contributed by atoms with E-state index in [1.807, 2.05) is 0 Å². The van der Waals surface area contributed by atoms with E-state index >= 15 is 0 Å². The van der Waals surface area contributed by atoms with Crippen molar-refractivity contribution in [2.45, 2.75) is 18.9 Å². The second kappa shape index (κ2) is 6.54. The van der Waals surface area contributed by atoms with Crippen LogP contribution in [-0.4, -0.2) is 47.0 Å². The molecule has 0 amide bonds. The first-order valence-corrected chi connectivity index (χ1v) is 7.66. The topological polar surface area (TPSA) is 43.0 Å². The van der Waals surface area contributed by atoms with Gasteiger partial charge >= 0.3 is 0 Å². The molecule has 0 bridgehead atoms. The van der Waals surface area contributed by atoms with Crippen molar-refractivity contribution in [3.8, 4) is 11.5 Å². The van der Waals surface area contributed by atoms with Crippen LogP contribution in [0.3, 0.4) is 0 Å². The van der Waals surface area contributed by atoms with Crippen LogP contribution in [0.5, 0.6) is 11.5 Å². The first-order chi connectivity index (χ1) is 10.3. The molecule has 2 aliphatic rings. The molecule has 2 heterocycles. The van der Waals surface area contributed by atoms with Crippen molar-refractivity contribution >= 4 is 5.69 Å². The molecule has 116 valence electrons. The van der Waals surface area contributed by atoms with Crippen molar-refractivity contribution < 1.29 is 14.2 Å². The van der Waals surface area contributed by atoms with Gasteiger partial charge in [0, 0.05) is 37.8 Å². The van der Waals surface area contributed by atoms with Gasteiger partial charge in [-0.05, 0) is 18.9 Å². The lowest BCUT2D eigenvalue weighted by atomic mass is 10.0. The van der Waals surface area contributed by atoms with Crippen LogP contribution in [0.2, 0.25) is 0 Å². The number of nitrogens with one attached hydrogen (secondary N) is 1. The zero-order chi connectivity index (χ0) is 14.7. The van der Waals surface area contributed by atoms with Gasteiger partial charge in [0.25, 0.3) is 0 Å². The summed E-state index contributed by atoms with van der Waals surface area (Å²) in [5.41, 5.74) is 2.18. The predicted molar refractivity (Wildman–Crippen MR) is 82.6 cm³/mol. The number of anilines is 1. The summed E-state index contributed by atoms with van der Waals surface area (Å²) < 4.78 is 17.1. The van der Waals surface area contributed by atoms with E-state index in [0.717, 1.165) is 55.5 Å². The van der Waals surface area contributed by atoms with Crippen LogP contribution in [0.4, 0.5) is 5.69 Å². The lowest BCUT2D eigenvalue weighted by Gasteiger charge is -2.28. The molecule has 1 aromatic rings. The average molecular weight is 292 g/mol. The Kier molecular flexibility index (Phi) is 4.51. The van der Waals surface area contributed by atoms with Crippen LogP contribution < -0.4 is 19.7 Å². The molecular weight excluding hydrogens is 268 g/mol. The van der Waals surface area contributed by atoms with E-state index in [-0.39, 0.29) is 6.10 Å². The molecule has 1 atom stereocenters. The van der Waals surface area contributed by atoms with E-state index in [1.54, 1.807) is 14.2 Å². The molecule has 0 aliphatic carbocycles. The minimum atomic E-state index is 0.0234. The lowest BCUT2D eigenvalue weighted by Crippen LogP contribution is -2.33. The third-order valence-electron chi connectivity index (χ3n) is 4.25. The maximum absolute atomic E-state index is 5.86. The molecule has 0 spiro atoms. The largest absolute Gasteiger partial charge is 0.496 e. The molecule has 0 saturated carbocycles. The number of hydrogen-bond donors (Lipinski definition) is 1. The Balaban J connectivity index is 1.96. The molecule has 1 unspecified atom stereocenters. The van der Waals surface area contributed by atoms with Crippen LogP contribution in [0.25, 0.3) is 0 Å². The van der Waals surface area contributed by atoms with Gasteiger partial charge in [0.2, 0.25) is 0 Å². The lowest BCUT2D eigenvalue weighted by molar-refractivity contribution is 0.0261. The first kappa shape index (κ1) is 14.5. The number of benzene rings is 1. The molecule has 2 saturated heterocycles. The fourth-order valence-electron chi connectivity index (χ4n) is 3.13. The molecular formula is C16H24N2O3. The van der Waals surface area contributed by atoms with E-state index in [1.165, 1.54) is 12.8 Å². The third kappa shape index (κ3) is 2.94. The zero-order valence-corrected chi connectivity index (χ0v) is 12.9. The maximum Gasteiger partial charge on any atom is 0.142 e. The van der Waals surface area contributed by atoms with Gasteiger partial charge in [-0.3, -0.25) is 0 Å². The monoisotopic (exact) mass is 292 g/mol. The SMILES string of the molecule is COc1cc(N2CCCC2)c(OC)cc1C1CNCCO1. The minimum absolute atomic E-state index is 0.0234. The molecule has 2 fully saturated rings. The van der Waals surface area contributed by atoms with Crippen LogP contribution in [0, 0.1) is 0 Å². The Morgan fingerprint density at radius 2 is 1.90 bits per heavy atom.